The van der Waals surface area contributed by atoms with E-state index >= 15 is 0 Å². The van der Waals surface area contributed by atoms with Gasteiger partial charge in [0.25, 0.3) is 0 Å². The summed E-state index contributed by atoms with van der Waals surface area (Å²) >= 11 is 3.44. The van der Waals surface area contributed by atoms with Crippen LogP contribution < -0.4 is 5.73 Å². The van der Waals surface area contributed by atoms with Crippen molar-refractivity contribution in [1.29, 1.82) is 0 Å². The van der Waals surface area contributed by atoms with Gasteiger partial charge in [-0.25, -0.2) is 0 Å². The number of hydrogen-bond acceptors (Lipinski definition) is 2. The molecule has 0 aliphatic rings. The van der Waals surface area contributed by atoms with Gasteiger partial charge in [-0.1, -0.05) is 51.3 Å². The molecule has 18 heavy (non-hydrogen) atoms. The molecule has 0 aromatic heterocycles. The van der Waals surface area contributed by atoms with Gasteiger partial charge in [0.05, 0.1) is 0 Å². The number of anilines is 1. The lowest BCUT2D eigenvalue weighted by molar-refractivity contribution is 0.219. The molecule has 0 aliphatic carbocycles. The molecule has 3 N–H and O–H groups in total. The summed E-state index contributed by atoms with van der Waals surface area (Å²) in [5.41, 5.74) is 10.4. The van der Waals surface area contributed by atoms with Crippen molar-refractivity contribution in [3.8, 4) is 0 Å². The van der Waals surface area contributed by atoms with Crippen LogP contribution in [0.2, 0.25) is 0 Å². The average Bonchev–Trinajstić information content (AvgIpc) is 2.26. The number of hydrogen-bond donors (Lipinski definition) is 2. The molecule has 0 saturated carbocycles. The van der Waals surface area contributed by atoms with Gasteiger partial charge in [0.1, 0.15) is 6.10 Å². The highest BCUT2D eigenvalue weighted by Gasteiger charge is 2.14. The molecule has 0 amide bonds. The number of halogens is 1. The van der Waals surface area contributed by atoms with Gasteiger partial charge < -0.3 is 10.8 Å². The first-order valence-electron chi connectivity index (χ1n) is 5.78. The van der Waals surface area contributed by atoms with Crippen molar-refractivity contribution in [2.45, 2.75) is 20.0 Å². The van der Waals surface area contributed by atoms with Crippen LogP contribution in [0.3, 0.4) is 0 Å². The second-order valence-corrected chi connectivity index (χ2v) is 5.46. The molecule has 0 aliphatic heterocycles. The number of aliphatic hydroxyl groups excluding tert-OH is 1. The Kier molecular flexibility index (Phi) is 3.73. The van der Waals surface area contributed by atoms with E-state index in [1.165, 1.54) is 0 Å². The normalized spacial score (nSPS) is 12.4. The Balaban J connectivity index is 2.44. The second kappa shape index (κ2) is 5.12. The van der Waals surface area contributed by atoms with Gasteiger partial charge in [-0.05, 0) is 37.1 Å². The number of rotatable bonds is 2. The van der Waals surface area contributed by atoms with Crippen molar-refractivity contribution in [3.63, 3.8) is 0 Å². The monoisotopic (exact) mass is 305 g/mol. The molecule has 2 nitrogen and oxygen atoms in total. The van der Waals surface area contributed by atoms with Crippen LogP contribution in [0.1, 0.15) is 28.4 Å². The predicted molar refractivity (Wildman–Crippen MR) is 78.5 cm³/mol. The van der Waals surface area contributed by atoms with E-state index in [1.807, 2.05) is 32.0 Å². The Morgan fingerprint density at radius 1 is 1.06 bits per heavy atom. The van der Waals surface area contributed by atoms with Gasteiger partial charge in [0.2, 0.25) is 0 Å². The first-order valence-corrected chi connectivity index (χ1v) is 6.58. The molecule has 0 spiro atoms. The SMILES string of the molecule is Cc1cc(C)cc(C(O)c2ccc(N)cc2Br)c1. The van der Waals surface area contributed by atoms with Gasteiger partial charge in [0.15, 0.2) is 0 Å². The van der Waals surface area contributed by atoms with Crippen LogP contribution in [0.25, 0.3) is 0 Å². The fourth-order valence-corrected chi connectivity index (χ4v) is 2.73. The Morgan fingerprint density at radius 2 is 1.67 bits per heavy atom. The van der Waals surface area contributed by atoms with E-state index in [2.05, 4.69) is 22.0 Å². The van der Waals surface area contributed by atoms with Crippen molar-refractivity contribution in [1.82, 2.24) is 0 Å². The molecule has 0 fully saturated rings. The number of nitrogens with two attached hydrogens (primary N) is 1. The Labute approximate surface area is 116 Å². The van der Waals surface area contributed by atoms with E-state index in [4.69, 9.17) is 5.73 Å². The summed E-state index contributed by atoms with van der Waals surface area (Å²) in [5.74, 6) is 0. The largest absolute Gasteiger partial charge is 0.399 e. The Hall–Kier alpha value is -1.32. The van der Waals surface area contributed by atoms with Crippen molar-refractivity contribution in [3.05, 3.63) is 63.1 Å². The lowest BCUT2D eigenvalue weighted by atomic mass is 9.98. The molecule has 0 saturated heterocycles. The van der Waals surface area contributed by atoms with Crippen molar-refractivity contribution < 1.29 is 5.11 Å². The summed E-state index contributed by atoms with van der Waals surface area (Å²) in [6.45, 7) is 4.06. The minimum Gasteiger partial charge on any atom is -0.399 e. The van der Waals surface area contributed by atoms with Crippen LogP contribution >= 0.6 is 15.9 Å². The summed E-state index contributed by atoms with van der Waals surface area (Å²) in [6.07, 6.45) is -0.640. The van der Waals surface area contributed by atoms with Gasteiger partial charge >= 0.3 is 0 Å². The molecule has 2 rings (SSSR count). The molecule has 2 aromatic rings. The molecule has 2 aromatic carbocycles. The standard InChI is InChI=1S/C15H16BrNO/c1-9-5-10(2)7-11(6-9)15(18)13-4-3-12(17)8-14(13)16/h3-8,15,18H,17H2,1-2H3. The number of aryl methyl sites for hydroxylation is 2. The van der Waals surface area contributed by atoms with Crippen LogP contribution in [-0.4, -0.2) is 5.11 Å². The van der Waals surface area contributed by atoms with Crippen LogP contribution in [0.4, 0.5) is 5.69 Å². The van der Waals surface area contributed by atoms with Gasteiger partial charge in [-0.2, -0.15) is 0 Å². The van der Waals surface area contributed by atoms with Crippen molar-refractivity contribution in [2.75, 3.05) is 5.73 Å². The topological polar surface area (TPSA) is 46.2 Å². The zero-order valence-electron chi connectivity index (χ0n) is 10.4. The fraction of sp³-hybridized carbons (Fsp3) is 0.200. The summed E-state index contributed by atoms with van der Waals surface area (Å²) in [6, 6.07) is 11.5. The minimum absolute atomic E-state index is 0.640. The summed E-state index contributed by atoms with van der Waals surface area (Å²) in [7, 11) is 0. The Morgan fingerprint density at radius 3 is 2.22 bits per heavy atom. The maximum absolute atomic E-state index is 10.4. The third-order valence-corrected chi connectivity index (χ3v) is 3.57. The third kappa shape index (κ3) is 2.74. The fourth-order valence-electron chi connectivity index (χ4n) is 2.11. The van der Waals surface area contributed by atoms with E-state index in [0.29, 0.717) is 5.69 Å². The molecule has 1 atom stereocenters. The number of aliphatic hydroxyl groups is 1. The molecule has 1 unspecified atom stereocenters. The maximum Gasteiger partial charge on any atom is 0.105 e. The Bertz CT molecular complexity index is 560. The van der Waals surface area contributed by atoms with E-state index < -0.39 is 6.10 Å². The van der Waals surface area contributed by atoms with Crippen LogP contribution in [-0.2, 0) is 0 Å². The van der Waals surface area contributed by atoms with Crippen LogP contribution in [0.5, 0.6) is 0 Å². The lowest BCUT2D eigenvalue weighted by Crippen LogP contribution is -2.02. The summed E-state index contributed by atoms with van der Waals surface area (Å²) in [5, 5.41) is 10.4. The molecule has 0 bridgehead atoms. The highest BCUT2D eigenvalue weighted by atomic mass is 79.9. The lowest BCUT2D eigenvalue weighted by Gasteiger charge is -2.15. The van der Waals surface area contributed by atoms with Crippen LogP contribution in [0.15, 0.2) is 40.9 Å². The first kappa shape index (κ1) is 13.1. The van der Waals surface area contributed by atoms with Crippen LogP contribution in [0, 0.1) is 13.8 Å². The molecule has 94 valence electrons. The highest BCUT2D eigenvalue weighted by Crippen LogP contribution is 2.30. The third-order valence-electron chi connectivity index (χ3n) is 2.88. The molecule has 0 heterocycles. The second-order valence-electron chi connectivity index (χ2n) is 4.60. The quantitative estimate of drug-likeness (QED) is 0.831. The molecular formula is C15H16BrNO. The minimum atomic E-state index is -0.640. The molecule has 0 radical (unpaired) electrons. The zero-order chi connectivity index (χ0) is 13.3. The van der Waals surface area contributed by atoms with Crippen molar-refractivity contribution >= 4 is 21.6 Å². The van der Waals surface area contributed by atoms with E-state index in [0.717, 1.165) is 26.7 Å². The van der Waals surface area contributed by atoms with E-state index in [1.54, 1.807) is 12.1 Å². The van der Waals surface area contributed by atoms with Crippen molar-refractivity contribution in [2.24, 2.45) is 0 Å². The molecule has 3 heteroatoms. The van der Waals surface area contributed by atoms with Gasteiger partial charge in [-0.3, -0.25) is 0 Å². The highest BCUT2D eigenvalue weighted by molar-refractivity contribution is 9.10. The number of benzene rings is 2. The van der Waals surface area contributed by atoms with Gasteiger partial charge in [-0.15, -0.1) is 0 Å². The van der Waals surface area contributed by atoms with Gasteiger partial charge in [0, 0.05) is 10.2 Å². The van der Waals surface area contributed by atoms with E-state index in [-0.39, 0.29) is 0 Å². The first-order chi connectivity index (χ1) is 8.47. The summed E-state index contributed by atoms with van der Waals surface area (Å²) in [4.78, 5) is 0. The predicted octanol–water partition coefficient (Wildman–Crippen LogP) is 3.73. The number of nitrogen functional groups attached to an aromatic ring is 1. The zero-order valence-corrected chi connectivity index (χ0v) is 12.0. The smallest absolute Gasteiger partial charge is 0.105 e. The van der Waals surface area contributed by atoms with E-state index in [9.17, 15) is 5.11 Å². The average molecular weight is 306 g/mol. The molecular weight excluding hydrogens is 290 g/mol. The maximum atomic E-state index is 10.4. The summed E-state index contributed by atoms with van der Waals surface area (Å²) < 4.78 is 0.828.